The number of amides is 1. The molecular weight excluding hydrogens is 354 g/mol. The van der Waals surface area contributed by atoms with Gasteiger partial charge in [-0.25, -0.2) is 9.97 Å². The highest BCUT2D eigenvalue weighted by Gasteiger charge is 2.25. The van der Waals surface area contributed by atoms with Crippen LogP contribution in [0.25, 0.3) is 0 Å². The number of nitrogens with zero attached hydrogens (tertiary/aromatic N) is 6. The van der Waals surface area contributed by atoms with Gasteiger partial charge in [0.2, 0.25) is 11.9 Å². The maximum atomic E-state index is 12.6. The van der Waals surface area contributed by atoms with Gasteiger partial charge >= 0.3 is 0 Å². The Hall–Kier alpha value is -2.38. The maximum Gasteiger partial charge on any atom is 0.225 e. The van der Waals surface area contributed by atoms with E-state index in [9.17, 15) is 4.79 Å². The molecule has 1 amide bonds. The van der Waals surface area contributed by atoms with Gasteiger partial charge in [0.05, 0.1) is 0 Å². The molecule has 0 bridgehead atoms. The third kappa shape index (κ3) is 5.33. The summed E-state index contributed by atoms with van der Waals surface area (Å²) in [5.74, 6) is 3.20. The fraction of sp³-hybridized carbons (Fsp3) is 0.700. The summed E-state index contributed by atoms with van der Waals surface area (Å²) in [7, 11) is 1.82. The van der Waals surface area contributed by atoms with E-state index < -0.39 is 0 Å². The zero-order chi connectivity index (χ0) is 19.9. The van der Waals surface area contributed by atoms with Crippen molar-refractivity contribution in [3.63, 3.8) is 0 Å². The Morgan fingerprint density at radius 2 is 1.75 bits per heavy atom. The van der Waals surface area contributed by atoms with Crippen LogP contribution in [0.4, 0.5) is 5.95 Å². The third-order valence-electron chi connectivity index (χ3n) is 5.47. The Morgan fingerprint density at radius 1 is 1.11 bits per heavy atom. The maximum absolute atomic E-state index is 12.6. The zero-order valence-corrected chi connectivity index (χ0v) is 17.3. The fourth-order valence-electron chi connectivity index (χ4n) is 4.22. The van der Waals surface area contributed by atoms with Gasteiger partial charge < -0.3 is 20.0 Å². The minimum atomic E-state index is 0.192. The summed E-state index contributed by atoms with van der Waals surface area (Å²) in [6.45, 7) is 10.2. The first-order chi connectivity index (χ1) is 13.6. The average Bonchev–Trinajstić information content (AvgIpc) is 2.71. The minimum Gasteiger partial charge on any atom is -0.356 e. The van der Waals surface area contributed by atoms with Crippen LogP contribution in [0, 0.1) is 11.8 Å². The van der Waals surface area contributed by atoms with E-state index in [1.165, 1.54) is 6.42 Å². The molecule has 2 fully saturated rings. The molecule has 2 atom stereocenters. The number of hydrogen-bond donors (Lipinski definition) is 1. The molecule has 0 aromatic carbocycles. The lowest BCUT2D eigenvalue weighted by Crippen LogP contribution is -2.51. The zero-order valence-electron chi connectivity index (χ0n) is 17.3. The van der Waals surface area contributed by atoms with Crippen LogP contribution < -0.4 is 10.2 Å². The second kappa shape index (κ2) is 9.71. The number of carbonyl (C=O) groups excluding carboxylic acids is 1. The topological polar surface area (TPSA) is 77.0 Å². The predicted molar refractivity (Wildman–Crippen MR) is 111 cm³/mol. The molecule has 3 heterocycles. The van der Waals surface area contributed by atoms with Crippen LogP contribution in [0.1, 0.15) is 26.7 Å². The molecular formula is C20H33N7O. The number of piperazine rings is 1. The molecule has 1 aromatic rings. The van der Waals surface area contributed by atoms with Crippen molar-refractivity contribution >= 4 is 17.8 Å². The second-order valence-electron chi connectivity index (χ2n) is 7.99. The van der Waals surface area contributed by atoms with Gasteiger partial charge in [0.1, 0.15) is 0 Å². The van der Waals surface area contributed by atoms with Gasteiger partial charge in [0.15, 0.2) is 5.96 Å². The predicted octanol–water partition coefficient (Wildman–Crippen LogP) is 1.07. The van der Waals surface area contributed by atoms with Crippen LogP contribution in [-0.4, -0.2) is 84.5 Å². The quantitative estimate of drug-likeness (QED) is 0.615. The van der Waals surface area contributed by atoms with Gasteiger partial charge in [-0.05, 0) is 24.3 Å². The molecule has 1 aromatic heterocycles. The van der Waals surface area contributed by atoms with Crippen molar-refractivity contribution in [2.45, 2.75) is 26.7 Å². The van der Waals surface area contributed by atoms with E-state index in [2.05, 4.69) is 43.9 Å². The largest absolute Gasteiger partial charge is 0.356 e. The van der Waals surface area contributed by atoms with Crippen molar-refractivity contribution in [2.75, 3.05) is 57.8 Å². The van der Waals surface area contributed by atoms with Crippen molar-refractivity contribution < 1.29 is 4.79 Å². The number of rotatable bonds is 4. The SMILES string of the molecule is CN=C(NCCC(=O)N1CCN(c2ncccn2)CC1)N1CC(C)CC(C)C1. The van der Waals surface area contributed by atoms with E-state index in [0.717, 1.165) is 38.1 Å². The molecule has 0 spiro atoms. The van der Waals surface area contributed by atoms with E-state index >= 15 is 0 Å². The summed E-state index contributed by atoms with van der Waals surface area (Å²) in [6, 6.07) is 1.81. The van der Waals surface area contributed by atoms with Crippen molar-refractivity contribution in [3.8, 4) is 0 Å². The highest BCUT2D eigenvalue weighted by Crippen LogP contribution is 2.20. The number of aromatic nitrogens is 2. The molecule has 0 radical (unpaired) electrons. The minimum absolute atomic E-state index is 0.192. The van der Waals surface area contributed by atoms with Crippen molar-refractivity contribution in [1.82, 2.24) is 25.1 Å². The Kier molecular flexibility index (Phi) is 7.06. The molecule has 8 heteroatoms. The summed E-state index contributed by atoms with van der Waals surface area (Å²) in [4.78, 5) is 32.0. The molecule has 8 nitrogen and oxygen atoms in total. The number of hydrogen-bond acceptors (Lipinski definition) is 5. The number of guanidine groups is 1. The van der Waals surface area contributed by atoms with Gasteiger partial charge in [0.25, 0.3) is 0 Å². The lowest BCUT2D eigenvalue weighted by atomic mass is 9.92. The first kappa shape index (κ1) is 20.4. The second-order valence-corrected chi connectivity index (χ2v) is 7.99. The molecule has 28 heavy (non-hydrogen) atoms. The normalized spacial score (nSPS) is 23.7. The summed E-state index contributed by atoms with van der Waals surface area (Å²) in [6.07, 6.45) is 5.26. The lowest BCUT2D eigenvalue weighted by Gasteiger charge is -2.37. The summed E-state index contributed by atoms with van der Waals surface area (Å²) >= 11 is 0. The molecule has 1 N–H and O–H groups in total. The summed E-state index contributed by atoms with van der Waals surface area (Å²) in [5, 5.41) is 3.38. The van der Waals surface area contributed by atoms with Crippen LogP contribution in [0.15, 0.2) is 23.5 Å². The van der Waals surface area contributed by atoms with Gasteiger partial charge in [-0.2, -0.15) is 0 Å². The van der Waals surface area contributed by atoms with Crippen LogP contribution in [0.2, 0.25) is 0 Å². The Labute approximate surface area is 168 Å². The number of aliphatic imine (C=N–C) groups is 1. The Balaban J connectivity index is 1.41. The molecule has 2 saturated heterocycles. The van der Waals surface area contributed by atoms with E-state index in [-0.39, 0.29) is 5.91 Å². The molecule has 154 valence electrons. The lowest BCUT2D eigenvalue weighted by molar-refractivity contribution is -0.131. The first-order valence-electron chi connectivity index (χ1n) is 10.3. The number of anilines is 1. The highest BCUT2D eigenvalue weighted by atomic mass is 16.2. The molecule has 2 aliphatic rings. The molecule has 2 aliphatic heterocycles. The van der Waals surface area contributed by atoms with Crippen LogP contribution in [0.3, 0.4) is 0 Å². The smallest absolute Gasteiger partial charge is 0.225 e. The van der Waals surface area contributed by atoms with Gasteiger partial charge in [0, 0.05) is 71.7 Å². The van der Waals surface area contributed by atoms with Crippen molar-refractivity contribution in [1.29, 1.82) is 0 Å². The molecule has 3 rings (SSSR count). The number of nitrogens with one attached hydrogen (secondary N) is 1. The summed E-state index contributed by atoms with van der Waals surface area (Å²) < 4.78 is 0. The fourth-order valence-corrected chi connectivity index (χ4v) is 4.22. The Morgan fingerprint density at radius 3 is 2.36 bits per heavy atom. The Bertz CT molecular complexity index is 648. The van der Waals surface area contributed by atoms with Crippen molar-refractivity contribution in [2.24, 2.45) is 16.8 Å². The van der Waals surface area contributed by atoms with Gasteiger partial charge in [-0.15, -0.1) is 0 Å². The standard InChI is InChI=1S/C20H33N7O/c1-16-13-17(2)15-27(14-16)19(21-3)24-8-5-18(28)25-9-11-26(12-10-25)20-22-6-4-7-23-20/h4,6-7,16-17H,5,8-15H2,1-3H3,(H,21,24). The average molecular weight is 388 g/mol. The van der Waals surface area contributed by atoms with Crippen LogP contribution >= 0.6 is 0 Å². The van der Waals surface area contributed by atoms with E-state index in [4.69, 9.17) is 0 Å². The first-order valence-corrected chi connectivity index (χ1v) is 10.3. The number of piperidine rings is 1. The molecule has 0 aliphatic carbocycles. The summed E-state index contributed by atoms with van der Waals surface area (Å²) in [5.41, 5.74) is 0. The van der Waals surface area contributed by atoms with Crippen LogP contribution in [0.5, 0.6) is 0 Å². The third-order valence-corrected chi connectivity index (χ3v) is 5.47. The van der Waals surface area contributed by atoms with Crippen molar-refractivity contribution in [3.05, 3.63) is 18.5 Å². The monoisotopic (exact) mass is 387 g/mol. The van der Waals surface area contributed by atoms with E-state index in [1.807, 2.05) is 18.0 Å². The van der Waals surface area contributed by atoms with Gasteiger partial charge in [-0.1, -0.05) is 13.8 Å². The van der Waals surface area contributed by atoms with Crippen LogP contribution in [-0.2, 0) is 4.79 Å². The number of carbonyl (C=O) groups is 1. The molecule has 0 saturated carbocycles. The van der Waals surface area contributed by atoms with Gasteiger partial charge in [-0.3, -0.25) is 9.79 Å². The van der Waals surface area contributed by atoms with E-state index in [0.29, 0.717) is 37.9 Å². The van der Waals surface area contributed by atoms with E-state index in [1.54, 1.807) is 12.4 Å². The highest BCUT2D eigenvalue weighted by molar-refractivity contribution is 5.81. The number of likely N-dealkylation sites (tertiary alicyclic amines) is 1. The molecule has 2 unspecified atom stereocenters.